The van der Waals surface area contributed by atoms with E-state index in [9.17, 15) is 0 Å². The second-order valence-electron chi connectivity index (χ2n) is 7.03. The summed E-state index contributed by atoms with van der Waals surface area (Å²) in [5.74, 6) is 3.55. The number of halogens is 2. The van der Waals surface area contributed by atoms with Crippen molar-refractivity contribution in [3.05, 3.63) is 75.3 Å². The first-order valence-corrected chi connectivity index (χ1v) is 11.2. The topological polar surface area (TPSA) is 46.3 Å². The molecule has 0 N–H and O–H groups in total. The van der Waals surface area contributed by atoms with Gasteiger partial charge in [0.05, 0.1) is 17.2 Å². The molecule has 0 amide bonds. The third-order valence-electron chi connectivity index (χ3n) is 4.67. The van der Waals surface area contributed by atoms with E-state index in [2.05, 4.69) is 33.8 Å². The molecule has 1 aromatic heterocycles. The minimum absolute atomic E-state index is 0.433. The van der Waals surface area contributed by atoms with Gasteiger partial charge in [-0.1, -0.05) is 41.4 Å². The van der Waals surface area contributed by atoms with Gasteiger partial charge in [0.25, 0.3) is 0 Å². The standard InChI is InChI=1S/C21H21Cl2N5S/c1-27(2)9-10-29-13-20-26-25-19-12-24-21(15-5-3-4-6-17(15)23)16-11-14(22)7-8-18(16)28(19)20/h3-8,11H,9-10,12-13H2,1-2H3. The molecule has 3 aromatic rings. The van der Waals surface area contributed by atoms with Crippen molar-refractivity contribution in [1.82, 2.24) is 19.7 Å². The maximum absolute atomic E-state index is 6.49. The number of rotatable bonds is 6. The summed E-state index contributed by atoms with van der Waals surface area (Å²) in [5, 5.41) is 10.2. The van der Waals surface area contributed by atoms with E-state index >= 15 is 0 Å². The van der Waals surface area contributed by atoms with Crippen molar-refractivity contribution in [2.75, 3.05) is 26.4 Å². The van der Waals surface area contributed by atoms with Crippen LogP contribution in [-0.4, -0.2) is 51.8 Å². The monoisotopic (exact) mass is 445 g/mol. The van der Waals surface area contributed by atoms with Crippen LogP contribution in [0.3, 0.4) is 0 Å². The average molecular weight is 446 g/mol. The van der Waals surface area contributed by atoms with Gasteiger partial charge in [0.15, 0.2) is 5.82 Å². The largest absolute Gasteiger partial charge is 0.309 e. The van der Waals surface area contributed by atoms with E-state index < -0.39 is 0 Å². The molecule has 8 heteroatoms. The van der Waals surface area contributed by atoms with Gasteiger partial charge >= 0.3 is 0 Å². The Morgan fingerprint density at radius 1 is 1.07 bits per heavy atom. The second-order valence-corrected chi connectivity index (χ2v) is 8.98. The zero-order valence-corrected chi connectivity index (χ0v) is 18.6. The Morgan fingerprint density at radius 2 is 1.90 bits per heavy atom. The molecule has 0 atom stereocenters. The minimum Gasteiger partial charge on any atom is -0.309 e. The van der Waals surface area contributed by atoms with Crippen LogP contribution in [0.2, 0.25) is 10.0 Å². The van der Waals surface area contributed by atoms with Crippen LogP contribution in [-0.2, 0) is 12.3 Å². The van der Waals surface area contributed by atoms with Crippen LogP contribution in [0.15, 0.2) is 47.5 Å². The SMILES string of the molecule is CN(C)CCSCc1nnc2n1-c1ccc(Cl)cc1C(c1ccccc1Cl)=NC2. The van der Waals surface area contributed by atoms with Crippen LogP contribution in [0.1, 0.15) is 22.8 Å². The lowest BCUT2D eigenvalue weighted by Crippen LogP contribution is -2.15. The summed E-state index contributed by atoms with van der Waals surface area (Å²) < 4.78 is 2.11. The lowest BCUT2D eigenvalue weighted by molar-refractivity contribution is 0.437. The van der Waals surface area contributed by atoms with Gasteiger partial charge in [-0.3, -0.25) is 9.56 Å². The zero-order valence-electron chi connectivity index (χ0n) is 16.3. The van der Waals surface area contributed by atoms with Crippen LogP contribution in [0.5, 0.6) is 0 Å². The van der Waals surface area contributed by atoms with Crippen molar-refractivity contribution >= 4 is 40.7 Å². The van der Waals surface area contributed by atoms with Crippen LogP contribution in [0, 0.1) is 0 Å². The van der Waals surface area contributed by atoms with E-state index in [1.54, 1.807) is 0 Å². The maximum Gasteiger partial charge on any atom is 0.159 e. The quantitative estimate of drug-likeness (QED) is 0.514. The van der Waals surface area contributed by atoms with Gasteiger partial charge in [0, 0.05) is 33.5 Å². The van der Waals surface area contributed by atoms with E-state index in [0.29, 0.717) is 16.6 Å². The highest BCUT2D eigenvalue weighted by Crippen LogP contribution is 2.31. The highest BCUT2D eigenvalue weighted by molar-refractivity contribution is 7.98. The summed E-state index contributed by atoms with van der Waals surface area (Å²) in [4.78, 5) is 7.03. The maximum atomic E-state index is 6.49. The molecular formula is C21H21Cl2N5S. The molecule has 0 aliphatic carbocycles. The number of thioether (sulfide) groups is 1. The molecule has 0 unspecified atom stereocenters. The van der Waals surface area contributed by atoms with E-state index in [1.165, 1.54) is 0 Å². The summed E-state index contributed by atoms with van der Waals surface area (Å²) in [6, 6.07) is 13.6. The molecule has 0 bridgehead atoms. The molecule has 0 saturated heterocycles. The predicted octanol–water partition coefficient (Wildman–Crippen LogP) is 4.72. The minimum atomic E-state index is 0.433. The normalized spacial score (nSPS) is 13.1. The van der Waals surface area contributed by atoms with Crippen molar-refractivity contribution in [3.8, 4) is 5.69 Å². The van der Waals surface area contributed by atoms with Crippen molar-refractivity contribution in [3.63, 3.8) is 0 Å². The number of aliphatic imine (C=N–C) groups is 1. The number of aromatic nitrogens is 3. The smallest absolute Gasteiger partial charge is 0.159 e. The van der Waals surface area contributed by atoms with Crippen molar-refractivity contribution in [2.45, 2.75) is 12.3 Å². The van der Waals surface area contributed by atoms with Crippen LogP contribution < -0.4 is 0 Å². The average Bonchev–Trinajstić information content (AvgIpc) is 3.02. The van der Waals surface area contributed by atoms with Gasteiger partial charge in [-0.25, -0.2) is 0 Å². The molecule has 2 aromatic carbocycles. The third kappa shape index (κ3) is 4.36. The van der Waals surface area contributed by atoms with Crippen molar-refractivity contribution in [1.29, 1.82) is 0 Å². The fourth-order valence-electron chi connectivity index (χ4n) is 3.25. The first kappa shape index (κ1) is 20.4. The molecule has 1 aliphatic rings. The molecule has 0 spiro atoms. The molecular weight excluding hydrogens is 425 g/mol. The number of fused-ring (bicyclic) bond motifs is 3. The Kier molecular flexibility index (Phi) is 6.25. The van der Waals surface area contributed by atoms with Crippen molar-refractivity contribution in [2.24, 2.45) is 4.99 Å². The molecule has 0 radical (unpaired) electrons. The number of benzene rings is 2. The molecule has 4 rings (SSSR count). The molecule has 0 saturated carbocycles. The van der Waals surface area contributed by atoms with Gasteiger partial charge in [-0.05, 0) is 38.4 Å². The van der Waals surface area contributed by atoms with E-state index in [0.717, 1.165) is 52.2 Å². The lowest BCUT2D eigenvalue weighted by Gasteiger charge is -2.15. The molecule has 5 nitrogen and oxygen atoms in total. The molecule has 2 heterocycles. The highest BCUT2D eigenvalue weighted by atomic mass is 35.5. The number of nitrogens with zero attached hydrogens (tertiary/aromatic N) is 5. The van der Waals surface area contributed by atoms with Gasteiger partial charge in [0.1, 0.15) is 12.4 Å². The van der Waals surface area contributed by atoms with Gasteiger partial charge < -0.3 is 4.90 Å². The predicted molar refractivity (Wildman–Crippen MR) is 122 cm³/mol. The van der Waals surface area contributed by atoms with Gasteiger partial charge in [-0.15, -0.1) is 10.2 Å². The molecule has 0 fully saturated rings. The third-order valence-corrected chi connectivity index (χ3v) is 6.17. The van der Waals surface area contributed by atoms with Crippen molar-refractivity contribution < 1.29 is 0 Å². The fraction of sp³-hybridized carbons (Fsp3) is 0.286. The van der Waals surface area contributed by atoms with Crippen LogP contribution >= 0.6 is 35.0 Å². The first-order valence-electron chi connectivity index (χ1n) is 9.30. The number of hydrogen-bond acceptors (Lipinski definition) is 5. The van der Waals surface area contributed by atoms with E-state index in [-0.39, 0.29) is 0 Å². The summed E-state index contributed by atoms with van der Waals surface area (Å²) in [7, 11) is 4.16. The zero-order chi connectivity index (χ0) is 20.4. The second kappa shape index (κ2) is 8.88. The highest BCUT2D eigenvalue weighted by Gasteiger charge is 2.24. The van der Waals surface area contributed by atoms with Crippen LogP contribution in [0.4, 0.5) is 0 Å². The summed E-state index contributed by atoms with van der Waals surface area (Å²) in [6.45, 7) is 1.46. The molecule has 29 heavy (non-hydrogen) atoms. The Labute approximate surface area is 184 Å². The van der Waals surface area contributed by atoms with Crippen LogP contribution in [0.25, 0.3) is 5.69 Å². The summed E-state index contributed by atoms with van der Waals surface area (Å²) in [6.07, 6.45) is 0. The molecule has 1 aliphatic heterocycles. The van der Waals surface area contributed by atoms with Gasteiger partial charge in [-0.2, -0.15) is 11.8 Å². The first-order chi connectivity index (χ1) is 14.0. The summed E-state index contributed by atoms with van der Waals surface area (Å²) >= 11 is 14.7. The Bertz CT molecular complexity index is 1060. The van der Waals surface area contributed by atoms with E-state index in [4.69, 9.17) is 28.2 Å². The Morgan fingerprint density at radius 3 is 2.69 bits per heavy atom. The lowest BCUT2D eigenvalue weighted by atomic mass is 10.0. The summed E-state index contributed by atoms with van der Waals surface area (Å²) in [5.41, 5.74) is 3.63. The number of hydrogen-bond donors (Lipinski definition) is 0. The van der Waals surface area contributed by atoms with E-state index in [1.807, 2.05) is 54.2 Å². The Balaban J connectivity index is 1.75. The fourth-order valence-corrected chi connectivity index (χ4v) is 4.65. The molecule has 150 valence electrons. The Hall–Kier alpha value is -1.86. The van der Waals surface area contributed by atoms with Gasteiger partial charge in [0.2, 0.25) is 0 Å².